The van der Waals surface area contributed by atoms with E-state index in [1.54, 1.807) is 64.7 Å². The van der Waals surface area contributed by atoms with Crippen LogP contribution in [0, 0.1) is 5.92 Å². The maximum absolute atomic E-state index is 12.7. The number of imide groups is 1. The lowest BCUT2D eigenvalue weighted by Gasteiger charge is -2.28. The Kier molecular flexibility index (Phi) is 7.74. The summed E-state index contributed by atoms with van der Waals surface area (Å²) in [5.41, 5.74) is -1.52. The van der Waals surface area contributed by atoms with Crippen molar-refractivity contribution >= 4 is 29.8 Å². The van der Waals surface area contributed by atoms with E-state index in [2.05, 4.69) is 4.98 Å². The fourth-order valence-corrected chi connectivity index (χ4v) is 4.33. The van der Waals surface area contributed by atoms with Gasteiger partial charge in [0.1, 0.15) is 16.6 Å². The number of hydrogen-bond acceptors (Lipinski definition) is 6. The Morgan fingerprint density at radius 2 is 1.69 bits per heavy atom. The number of para-hydroxylation sites is 1. The molecule has 1 heterocycles. The maximum atomic E-state index is 12.7. The van der Waals surface area contributed by atoms with Crippen LogP contribution >= 0.6 is 11.6 Å². The smallest absolute Gasteiger partial charge is 0.419 e. The number of rotatable bonds is 7. The molecule has 1 N–H and O–H groups in total. The largest absolute Gasteiger partial charge is 0.481 e. The summed E-state index contributed by atoms with van der Waals surface area (Å²) in [6.45, 7) is 10.3. The second-order valence-corrected chi connectivity index (χ2v) is 11.5. The van der Waals surface area contributed by atoms with Crippen LogP contribution in [-0.4, -0.2) is 55.5 Å². The summed E-state index contributed by atoms with van der Waals surface area (Å²) in [5, 5.41) is 10.6. The van der Waals surface area contributed by atoms with Crippen molar-refractivity contribution in [3.05, 3.63) is 47.5 Å². The van der Waals surface area contributed by atoms with Crippen molar-refractivity contribution < 1.29 is 29.0 Å². The minimum absolute atomic E-state index is 0.0457. The van der Waals surface area contributed by atoms with Gasteiger partial charge in [-0.15, -0.1) is 0 Å². The van der Waals surface area contributed by atoms with Gasteiger partial charge < -0.3 is 19.1 Å². The molecule has 2 amide bonds. The predicted molar refractivity (Wildman–Crippen MR) is 134 cm³/mol. The molecular weight excluding hydrogens is 486 g/mol. The Labute approximate surface area is 216 Å². The van der Waals surface area contributed by atoms with Gasteiger partial charge in [0.15, 0.2) is 0 Å². The van der Waals surface area contributed by atoms with Crippen LogP contribution in [0.15, 0.2) is 36.8 Å². The van der Waals surface area contributed by atoms with Crippen molar-refractivity contribution in [2.24, 2.45) is 5.92 Å². The van der Waals surface area contributed by atoms with Gasteiger partial charge in [0.2, 0.25) is 0 Å². The minimum Gasteiger partial charge on any atom is -0.481 e. The number of carbonyl (C=O) groups is 3. The van der Waals surface area contributed by atoms with Crippen LogP contribution in [-0.2, 0) is 19.7 Å². The summed E-state index contributed by atoms with van der Waals surface area (Å²) in [4.78, 5) is 43.0. The summed E-state index contributed by atoms with van der Waals surface area (Å²) >= 11 is 6.27. The average Bonchev–Trinajstić information content (AvgIpc) is 3.26. The number of carboxylic acids is 1. The fourth-order valence-electron chi connectivity index (χ4n) is 4.10. The highest BCUT2D eigenvalue weighted by molar-refractivity contribution is 6.32. The first-order valence-corrected chi connectivity index (χ1v) is 12.3. The standard InChI is InChI=1S/C26H34ClN3O6/c1-24(2,3)35-22(33)30(23(34)36-25(4,5)6)13-9-10-17-14-26(17,21(31)32)20-15-29(16-28-20)19-12-8-7-11-18(19)27/h7-8,11-12,15-17H,9-10,13-14H2,1-6H3,(H,31,32). The number of halogens is 1. The third-order valence-electron chi connectivity index (χ3n) is 5.82. The van der Waals surface area contributed by atoms with Gasteiger partial charge in [-0.1, -0.05) is 23.7 Å². The zero-order valence-electron chi connectivity index (χ0n) is 21.6. The second kappa shape index (κ2) is 10.1. The topological polar surface area (TPSA) is 111 Å². The van der Waals surface area contributed by atoms with Crippen LogP contribution in [0.1, 0.15) is 66.5 Å². The number of amides is 2. The van der Waals surface area contributed by atoms with Crippen LogP contribution < -0.4 is 0 Å². The summed E-state index contributed by atoms with van der Waals surface area (Å²) in [6, 6.07) is 7.24. The lowest BCUT2D eigenvalue weighted by Crippen LogP contribution is -2.44. The molecule has 0 saturated heterocycles. The number of carboxylic acid groups (broad SMARTS) is 1. The predicted octanol–water partition coefficient (Wildman–Crippen LogP) is 5.82. The van der Waals surface area contributed by atoms with Gasteiger partial charge in [-0.2, -0.15) is 0 Å². The SMILES string of the molecule is CC(C)(C)OC(=O)N(CCCC1CC1(C(=O)O)c1cn(-c2ccccc2Cl)cn1)C(=O)OC(C)(C)C. The van der Waals surface area contributed by atoms with Gasteiger partial charge in [-0.25, -0.2) is 19.5 Å². The van der Waals surface area contributed by atoms with E-state index < -0.39 is 34.8 Å². The Morgan fingerprint density at radius 1 is 1.11 bits per heavy atom. The molecule has 1 aliphatic rings. The van der Waals surface area contributed by atoms with E-state index in [-0.39, 0.29) is 12.5 Å². The van der Waals surface area contributed by atoms with Crippen LogP contribution in [0.3, 0.4) is 0 Å². The van der Waals surface area contributed by atoms with Crippen molar-refractivity contribution in [2.45, 2.75) is 77.4 Å². The Hall–Kier alpha value is -3.07. The highest BCUT2D eigenvalue weighted by Gasteiger charge is 2.62. The molecule has 1 fully saturated rings. The van der Waals surface area contributed by atoms with Gasteiger partial charge in [0.05, 0.1) is 22.7 Å². The van der Waals surface area contributed by atoms with Gasteiger partial charge >= 0.3 is 18.2 Å². The summed E-state index contributed by atoms with van der Waals surface area (Å²) in [6.07, 6.45) is 2.95. The van der Waals surface area contributed by atoms with Crippen molar-refractivity contribution in [3.8, 4) is 5.69 Å². The number of aliphatic carboxylic acids is 1. The van der Waals surface area contributed by atoms with E-state index in [0.717, 1.165) is 4.90 Å². The molecule has 0 radical (unpaired) electrons. The van der Waals surface area contributed by atoms with Gasteiger partial charge in [-0.3, -0.25) is 4.79 Å². The normalized spacial score (nSPS) is 19.5. The van der Waals surface area contributed by atoms with Gasteiger partial charge in [0, 0.05) is 12.7 Å². The first kappa shape index (κ1) is 27.5. The molecule has 1 aromatic heterocycles. The molecule has 0 bridgehead atoms. The Bertz CT molecular complexity index is 1110. The van der Waals surface area contributed by atoms with Crippen molar-refractivity contribution in [1.29, 1.82) is 0 Å². The van der Waals surface area contributed by atoms with Crippen LogP contribution in [0.25, 0.3) is 5.69 Å². The molecule has 2 aromatic rings. The summed E-state index contributed by atoms with van der Waals surface area (Å²) in [7, 11) is 0. The molecule has 1 aromatic carbocycles. The third kappa shape index (κ3) is 6.37. The highest BCUT2D eigenvalue weighted by Crippen LogP contribution is 2.56. The van der Waals surface area contributed by atoms with Crippen molar-refractivity contribution in [1.82, 2.24) is 14.5 Å². The minimum atomic E-state index is -1.12. The molecule has 2 unspecified atom stereocenters. The average molecular weight is 520 g/mol. The fraction of sp³-hybridized carbons (Fsp3) is 0.538. The number of carbonyl (C=O) groups excluding carboxylic acids is 2. The highest BCUT2D eigenvalue weighted by atomic mass is 35.5. The molecule has 0 aliphatic heterocycles. The third-order valence-corrected chi connectivity index (χ3v) is 6.14. The molecule has 1 saturated carbocycles. The Morgan fingerprint density at radius 3 is 2.22 bits per heavy atom. The zero-order valence-corrected chi connectivity index (χ0v) is 22.3. The Balaban J connectivity index is 1.70. The van der Waals surface area contributed by atoms with Crippen LogP contribution in [0.2, 0.25) is 5.02 Å². The van der Waals surface area contributed by atoms with Crippen LogP contribution in [0.5, 0.6) is 0 Å². The molecule has 196 valence electrons. The number of aromatic nitrogens is 2. The number of imidazole rings is 1. The first-order valence-electron chi connectivity index (χ1n) is 11.9. The quantitative estimate of drug-likeness (QED) is 0.490. The molecule has 0 spiro atoms. The zero-order chi connectivity index (χ0) is 26.9. The molecular formula is C26H34ClN3O6. The van der Waals surface area contributed by atoms with Gasteiger partial charge in [-0.05, 0) is 78.9 Å². The van der Waals surface area contributed by atoms with E-state index in [4.69, 9.17) is 21.1 Å². The van der Waals surface area contributed by atoms with E-state index in [1.807, 2.05) is 18.2 Å². The van der Waals surface area contributed by atoms with Crippen molar-refractivity contribution in [2.75, 3.05) is 6.54 Å². The summed E-state index contributed by atoms with van der Waals surface area (Å²) < 4.78 is 12.5. The molecule has 36 heavy (non-hydrogen) atoms. The van der Waals surface area contributed by atoms with E-state index >= 15 is 0 Å². The van der Waals surface area contributed by atoms with E-state index in [0.29, 0.717) is 35.7 Å². The van der Waals surface area contributed by atoms with Gasteiger partial charge in [0.25, 0.3) is 0 Å². The number of hydrogen-bond donors (Lipinski definition) is 1. The first-order chi connectivity index (χ1) is 16.6. The number of ether oxygens (including phenoxy) is 2. The molecule has 3 rings (SSSR count). The lowest BCUT2D eigenvalue weighted by atomic mass is 9.97. The molecule has 1 aliphatic carbocycles. The van der Waals surface area contributed by atoms with Crippen LogP contribution in [0.4, 0.5) is 9.59 Å². The van der Waals surface area contributed by atoms with E-state index in [1.165, 1.54) is 0 Å². The monoisotopic (exact) mass is 519 g/mol. The molecule has 10 heteroatoms. The summed E-state index contributed by atoms with van der Waals surface area (Å²) in [5.74, 6) is -1.14. The van der Waals surface area contributed by atoms with Crippen molar-refractivity contribution in [3.63, 3.8) is 0 Å². The lowest BCUT2D eigenvalue weighted by molar-refractivity contribution is -0.140. The second-order valence-electron chi connectivity index (χ2n) is 11.0. The number of benzene rings is 1. The van der Waals surface area contributed by atoms with E-state index in [9.17, 15) is 19.5 Å². The molecule has 9 nitrogen and oxygen atoms in total. The number of nitrogens with zero attached hydrogens (tertiary/aromatic N) is 3. The maximum Gasteiger partial charge on any atom is 0.419 e. The molecule has 2 atom stereocenters.